The quantitative estimate of drug-likeness (QED) is 0.357. The molecule has 0 atom stereocenters. The molecule has 0 bridgehead atoms. The molecular weight excluding hydrogens is 632 g/mol. The number of aryl methyl sites for hydroxylation is 1. The number of carbonyl (C=O) groups is 4. The molecule has 3 aliphatic rings. The average Bonchev–Trinajstić information content (AvgIpc) is 3.05. The molecule has 3 fully saturated rings. The predicted octanol–water partition coefficient (Wildman–Crippen LogP) is 4.50. The molecule has 0 unspecified atom stereocenters. The molecule has 3 saturated heterocycles. The van der Waals surface area contributed by atoms with Gasteiger partial charge < -0.3 is 29.2 Å². The SMILES string of the molecule is CCN(C(=O)CN1CCN(C(=O)OC(C)(C)C)CC1)C1CCN(CCCN(C(=O)C2CCN(C(C)=O)CC2)c2ccc(C)c(Cl)c2)CC1. The fourth-order valence-corrected chi connectivity index (χ4v) is 7.20. The molecule has 0 spiro atoms. The fourth-order valence-electron chi connectivity index (χ4n) is 7.02. The third-order valence-electron chi connectivity index (χ3n) is 9.92. The highest BCUT2D eigenvalue weighted by atomic mass is 35.5. The molecule has 268 valence electrons. The fraction of sp³-hybridized carbons (Fsp3) is 0.722. The number of likely N-dealkylation sites (tertiary alicyclic amines) is 2. The van der Waals surface area contributed by atoms with Crippen molar-refractivity contribution in [2.24, 2.45) is 5.92 Å². The van der Waals surface area contributed by atoms with Crippen LogP contribution in [-0.4, -0.2) is 138 Å². The molecule has 1 aromatic rings. The number of rotatable bonds is 10. The number of benzene rings is 1. The largest absolute Gasteiger partial charge is 0.444 e. The number of hydrogen-bond donors (Lipinski definition) is 0. The van der Waals surface area contributed by atoms with E-state index in [4.69, 9.17) is 16.3 Å². The maximum Gasteiger partial charge on any atom is 0.410 e. The maximum absolute atomic E-state index is 13.8. The number of ether oxygens (including phenoxy) is 1. The van der Waals surface area contributed by atoms with Crippen molar-refractivity contribution in [3.05, 3.63) is 28.8 Å². The third-order valence-corrected chi connectivity index (χ3v) is 10.3. The Morgan fingerprint density at radius 2 is 1.54 bits per heavy atom. The Morgan fingerprint density at radius 1 is 0.896 bits per heavy atom. The molecule has 0 radical (unpaired) electrons. The van der Waals surface area contributed by atoms with Crippen LogP contribution in [0.5, 0.6) is 0 Å². The van der Waals surface area contributed by atoms with Crippen LogP contribution in [0.15, 0.2) is 18.2 Å². The summed E-state index contributed by atoms with van der Waals surface area (Å²) in [5.41, 5.74) is 1.28. The van der Waals surface area contributed by atoms with E-state index in [9.17, 15) is 19.2 Å². The van der Waals surface area contributed by atoms with Crippen molar-refractivity contribution in [1.29, 1.82) is 0 Å². The molecular formula is C36H57ClN6O5. The third kappa shape index (κ3) is 10.6. The van der Waals surface area contributed by atoms with Gasteiger partial charge in [-0.15, -0.1) is 0 Å². The van der Waals surface area contributed by atoms with Gasteiger partial charge in [0.2, 0.25) is 17.7 Å². The number of halogens is 1. The van der Waals surface area contributed by atoms with Gasteiger partial charge in [-0.3, -0.25) is 19.3 Å². The van der Waals surface area contributed by atoms with Gasteiger partial charge in [-0.25, -0.2) is 4.79 Å². The second kappa shape index (κ2) is 17.2. The van der Waals surface area contributed by atoms with Crippen LogP contribution in [0, 0.1) is 12.8 Å². The highest BCUT2D eigenvalue weighted by Crippen LogP contribution is 2.28. The average molecular weight is 689 g/mol. The summed E-state index contributed by atoms with van der Waals surface area (Å²) < 4.78 is 5.50. The first-order chi connectivity index (χ1) is 22.8. The van der Waals surface area contributed by atoms with Crippen LogP contribution in [0.3, 0.4) is 0 Å². The Labute approximate surface area is 292 Å². The summed E-state index contributed by atoms with van der Waals surface area (Å²) in [5.74, 6) is 0.221. The Morgan fingerprint density at radius 3 is 2.10 bits per heavy atom. The van der Waals surface area contributed by atoms with Crippen LogP contribution in [0.4, 0.5) is 10.5 Å². The number of piperidine rings is 2. The summed E-state index contributed by atoms with van der Waals surface area (Å²) in [6.45, 7) is 19.2. The summed E-state index contributed by atoms with van der Waals surface area (Å²) in [6.07, 6.45) is 3.75. The highest BCUT2D eigenvalue weighted by Gasteiger charge is 2.32. The molecule has 4 amide bonds. The number of piperazine rings is 1. The summed E-state index contributed by atoms with van der Waals surface area (Å²) >= 11 is 6.48. The van der Waals surface area contributed by atoms with E-state index >= 15 is 0 Å². The maximum atomic E-state index is 13.8. The first-order valence-corrected chi connectivity index (χ1v) is 18.2. The second-order valence-electron chi connectivity index (χ2n) is 14.6. The lowest BCUT2D eigenvalue weighted by molar-refractivity contribution is -0.136. The van der Waals surface area contributed by atoms with Crippen LogP contribution in [0.2, 0.25) is 5.02 Å². The Hall–Kier alpha value is -2.89. The molecule has 0 saturated carbocycles. The lowest BCUT2D eigenvalue weighted by atomic mass is 9.94. The van der Waals surface area contributed by atoms with Crippen LogP contribution < -0.4 is 4.90 Å². The van der Waals surface area contributed by atoms with Gasteiger partial charge in [0.1, 0.15) is 5.60 Å². The van der Waals surface area contributed by atoms with Crippen LogP contribution in [0.25, 0.3) is 0 Å². The number of carbonyl (C=O) groups excluding carboxylic acids is 4. The zero-order valence-corrected chi connectivity index (χ0v) is 30.8. The van der Waals surface area contributed by atoms with Crippen LogP contribution in [0.1, 0.15) is 72.3 Å². The van der Waals surface area contributed by atoms with E-state index in [1.165, 1.54) is 0 Å². The molecule has 12 heteroatoms. The monoisotopic (exact) mass is 688 g/mol. The molecule has 3 heterocycles. The Balaban J connectivity index is 1.24. The lowest BCUT2D eigenvalue weighted by Gasteiger charge is -2.40. The van der Waals surface area contributed by atoms with Crippen LogP contribution >= 0.6 is 11.6 Å². The molecule has 3 aliphatic heterocycles. The minimum absolute atomic E-state index is 0.0634. The van der Waals surface area contributed by atoms with Gasteiger partial charge >= 0.3 is 6.09 Å². The van der Waals surface area contributed by atoms with Gasteiger partial charge in [-0.2, -0.15) is 0 Å². The Bertz CT molecular complexity index is 1260. The van der Waals surface area contributed by atoms with E-state index in [1.54, 1.807) is 11.8 Å². The lowest BCUT2D eigenvalue weighted by Crippen LogP contribution is -2.54. The molecule has 0 aromatic heterocycles. The van der Waals surface area contributed by atoms with Crippen molar-refractivity contribution in [3.63, 3.8) is 0 Å². The van der Waals surface area contributed by atoms with Gasteiger partial charge in [-0.1, -0.05) is 17.7 Å². The molecule has 0 aliphatic carbocycles. The van der Waals surface area contributed by atoms with E-state index in [0.717, 1.165) is 50.1 Å². The highest BCUT2D eigenvalue weighted by molar-refractivity contribution is 6.31. The van der Waals surface area contributed by atoms with Crippen molar-refractivity contribution in [3.8, 4) is 0 Å². The van der Waals surface area contributed by atoms with E-state index in [1.807, 2.05) is 60.6 Å². The first kappa shape index (κ1) is 37.9. The number of likely N-dealkylation sites (N-methyl/N-ethyl adjacent to an activating group) is 1. The predicted molar refractivity (Wildman–Crippen MR) is 189 cm³/mol. The number of anilines is 1. The minimum atomic E-state index is -0.520. The van der Waals surface area contributed by atoms with E-state index in [0.29, 0.717) is 76.8 Å². The summed E-state index contributed by atoms with van der Waals surface area (Å²) in [7, 11) is 0. The molecule has 0 N–H and O–H groups in total. The van der Waals surface area contributed by atoms with Crippen molar-refractivity contribution >= 4 is 41.1 Å². The number of hydrogen-bond acceptors (Lipinski definition) is 7. The van der Waals surface area contributed by atoms with Crippen molar-refractivity contribution in [2.75, 3.05) is 83.4 Å². The van der Waals surface area contributed by atoms with Crippen LogP contribution in [-0.2, 0) is 19.1 Å². The normalized spacial score (nSPS) is 18.9. The summed E-state index contributed by atoms with van der Waals surface area (Å²) in [6, 6.07) is 6.05. The second-order valence-corrected chi connectivity index (χ2v) is 15.0. The van der Waals surface area contributed by atoms with Gasteiger partial charge in [-0.05, 0) is 91.0 Å². The topological polar surface area (TPSA) is 97.0 Å². The smallest absolute Gasteiger partial charge is 0.410 e. The van der Waals surface area contributed by atoms with Crippen molar-refractivity contribution in [1.82, 2.24) is 24.5 Å². The number of amides is 4. The molecule has 11 nitrogen and oxygen atoms in total. The van der Waals surface area contributed by atoms with E-state index in [-0.39, 0.29) is 35.8 Å². The summed E-state index contributed by atoms with van der Waals surface area (Å²) in [4.78, 5) is 63.5. The van der Waals surface area contributed by atoms with Gasteiger partial charge in [0, 0.05) is 95.0 Å². The minimum Gasteiger partial charge on any atom is -0.444 e. The van der Waals surface area contributed by atoms with E-state index < -0.39 is 5.60 Å². The van der Waals surface area contributed by atoms with Crippen molar-refractivity contribution < 1.29 is 23.9 Å². The molecule has 4 rings (SSSR count). The van der Waals surface area contributed by atoms with Gasteiger partial charge in [0.25, 0.3) is 0 Å². The summed E-state index contributed by atoms with van der Waals surface area (Å²) in [5, 5.41) is 0.650. The van der Waals surface area contributed by atoms with Gasteiger partial charge in [0.05, 0.1) is 6.54 Å². The van der Waals surface area contributed by atoms with Gasteiger partial charge in [0.15, 0.2) is 0 Å². The molecule has 48 heavy (non-hydrogen) atoms. The Kier molecular flexibility index (Phi) is 13.6. The zero-order chi connectivity index (χ0) is 35.0. The molecule has 1 aromatic carbocycles. The number of nitrogens with zero attached hydrogens (tertiary/aromatic N) is 6. The van der Waals surface area contributed by atoms with Crippen molar-refractivity contribution in [2.45, 2.75) is 85.3 Å². The first-order valence-electron chi connectivity index (χ1n) is 17.8. The zero-order valence-electron chi connectivity index (χ0n) is 30.0. The standard InChI is InChI=1S/C36H57ClN6O5/c1-7-42(33(45)26-39-21-23-41(24-22-39)35(47)48-36(4,5)6)30-13-17-38(18-14-30)15-8-16-43(31-10-9-27(2)32(37)25-31)34(46)29-11-19-40(20-12-29)28(3)44/h9-10,25,29-30H,7-8,11-24,26H2,1-6H3. The van der Waals surface area contributed by atoms with E-state index in [2.05, 4.69) is 16.7 Å².